The van der Waals surface area contributed by atoms with E-state index in [0.717, 1.165) is 18.7 Å². The molecule has 0 saturated carbocycles. The van der Waals surface area contributed by atoms with Gasteiger partial charge in [-0.3, -0.25) is 5.32 Å². The number of rotatable bonds is 5. The van der Waals surface area contributed by atoms with Gasteiger partial charge in [0, 0.05) is 6.54 Å². The van der Waals surface area contributed by atoms with Crippen molar-refractivity contribution in [1.82, 2.24) is 5.32 Å². The van der Waals surface area contributed by atoms with Gasteiger partial charge in [0.25, 0.3) is 0 Å². The summed E-state index contributed by atoms with van der Waals surface area (Å²) in [6, 6.07) is 15.8. The lowest BCUT2D eigenvalue weighted by atomic mass is 10.1. The molecule has 0 saturated heterocycles. The van der Waals surface area contributed by atoms with Gasteiger partial charge in [0.1, 0.15) is 5.75 Å². The molecular formula is C15H15ClNO. The molecule has 0 atom stereocenters. The van der Waals surface area contributed by atoms with Gasteiger partial charge in [0.15, 0.2) is 0 Å². The van der Waals surface area contributed by atoms with Crippen LogP contribution in [0.25, 0.3) is 0 Å². The highest BCUT2D eigenvalue weighted by Gasteiger charge is 2.02. The molecule has 0 unspecified atom stereocenters. The average molecular weight is 261 g/mol. The number of para-hydroxylation sites is 1. The molecule has 0 aliphatic carbocycles. The Morgan fingerprint density at radius 3 is 2.61 bits per heavy atom. The molecule has 0 fully saturated rings. The van der Waals surface area contributed by atoms with Gasteiger partial charge in [-0.25, -0.2) is 0 Å². The summed E-state index contributed by atoms with van der Waals surface area (Å²) >= 11 is 5.98. The molecule has 0 spiro atoms. The first-order valence-corrected chi connectivity index (χ1v) is 6.22. The minimum Gasteiger partial charge on any atom is -0.495 e. The van der Waals surface area contributed by atoms with E-state index in [1.54, 1.807) is 7.11 Å². The predicted octanol–water partition coefficient (Wildman–Crippen LogP) is 3.83. The van der Waals surface area contributed by atoms with Gasteiger partial charge < -0.3 is 4.74 Å². The second-order valence-corrected chi connectivity index (χ2v) is 4.34. The molecule has 0 aromatic heterocycles. The molecule has 1 radical (unpaired) electrons. The van der Waals surface area contributed by atoms with E-state index >= 15 is 0 Å². The Morgan fingerprint density at radius 1 is 1.11 bits per heavy atom. The molecule has 0 N–H and O–H groups in total. The van der Waals surface area contributed by atoms with Crippen LogP contribution in [0.2, 0.25) is 5.02 Å². The Labute approximate surface area is 113 Å². The number of ether oxygens (including phenoxy) is 1. The first kappa shape index (κ1) is 12.8. The number of hydrogen-bond acceptors (Lipinski definition) is 1. The minimum absolute atomic E-state index is 0.640. The van der Waals surface area contributed by atoms with Crippen molar-refractivity contribution in [2.75, 3.05) is 13.7 Å². The van der Waals surface area contributed by atoms with Gasteiger partial charge in [0.2, 0.25) is 0 Å². The molecule has 93 valence electrons. The number of nitrogens with zero attached hydrogens (tertiary/aromatic N) is 1. The van der Waals surface area contributed by atoms with E-state index in [0.29, 0.717) is 10.8 Å². The number of halogens is 1. The van der Waals surface area contributed by atoms with Gasteiger partial charge in [0.05, 0.1) is 17.8 Å². The molecule has 0 bridgehead atoms. The maximum Gasteiger partial charge on any atom is 0.137 e. The van der Waals surface area contributed by atoms with Crippen LogP contribution in [0.3, 0.4) is 0 Å². The summed E-state index contributed by atoms with van der Waals surface area (Å²) in [6.45, 7) is 0.759. The summed E-state index contributed by atoms with van der Waals surface area (Å²) in [5.74, 6) is 0.717. The number of hydrogen-bond donors (Lipinski definition) is 0. The number of methoxy groups -OCH3 is 1. The zero-order valence-corrected chi connectivity index (χ0v) is 11.0. The van der Waals surface area contributed by atoms with Crippen LogP contribution in [0, 0.1) is 0 Å². The fraction of sp³-hybridized carbons (Fsp3) is 0.200. The Morgan fingerprint density at radius 2 is 1.89 bits per heavy atom. The second kappa shape index (κ2) is 6.31. The lowest BCUT2D eigenvalue weighted by molar-refractivity contribution is 0.414. The summed E-state index contributed by atoms with van der Waals surface area (Å²) in [6.07, 6.45) is 0.877. The molecule has 0 aliphatic heterocycles. The second-order valence-electron chi connectivity index (χ2n) is 3.94. The standard InChI is InChI=1S/C15H15ClNO/c1-18-15-11-12(7-8-14(15)16)9-10-17-13-5-3-2-4-6-13/h2-8,11H,9-10H2,1H3. The van der Waals surface area contributed by atoms with Crippen LogP contribution in [-0.4, -0.2) is 13.7 Å². The van der Waals surface area contributed by atoms with Crippen molar-refractivity contribution < 1.29 is 4.74 Å². The normalized spacial score (nSPS) is 10.1. The van der Waals surface area contributed by atoms with Crippen LogP contribution in [0.5, 0.6) is 5.75 Å². The quantitative estimate of drug-likeness (QED) is 0.801. The predicted molar refractivity (Wildman–Crippen MR) is 74.8 cm³/mol. The first-order chi connectivity index (χ1) is 8.79. The van der Waals surface area contributed by atoms with E-state index in [9.17, 15) is 0 Å². The zero-order chi connectivity index (χ0) is 12.8. The Balaban J connectivity index is 1.91. The Kier molecular flexibility index (Phi) is 4.48. The summed E-state index contributed by atoms with van der Waals surface area (Å²) < 4.78 is 5.19. The lowest BCUT2D eigenvalue weighted by Gasteiger charge is -2.07. The summed E-state index contributed by atoms with van der Waals surface area (Å²) in [5, 5.41) is 5.15. The van der Waals surface area contributed by atoms with E-state index in [1.807, 2.05) is 48.5 Å². The lowest BCUT2D eigenvalue weighted by Crippen LogP contribution is -2.03. The third-order valence-corrected chi connectivity index (χ3v) is 2.98. The monoisotopic (exact) mass is 260 g/mol. The molecule has 2 aromatic rings. The SMILES string of the molecule is COc1cc(CC[N]c2ccccc2)ccc1Cl. The highest BCUT2D eigenvalue weighted by molar-refractivity contribution is 6.32. The Bertz CT molecular complexity index is 499. The van der Waals surface area contributed by atoms with Crippen molar-refractivity contribution in [2.45, 2.75) is 6.42 Å². The topological polar surface area (TPSA) is 23.3 Å². The smallest absolute Gasteiger partial charge is 0.137 e. The Hall–Kier alpha value is -1.67. The molecule has 0 amide bonds. The van der Waals surface area contributed by atoms with Crippen molar-refractivity contribution in [3.63, 3.8) is 0 Å². The average Bonchev–Trinajstić information content (AvgIpc) is 2.42. The van der Waals surface area contributed by atoms with Crippen molar-refractivity contribution >= 4 is 17.3 Å². The van der Waals surface area contributed by atoms with E-state index in [2.05, 4.69) is 5.32 Å². The van der Waals surface area contributed by atoms with E-state index < -0.39 is 0 Å². The minimum atomic E-state index is 0.640. The third kappa shape index (κ3) is 3.41. The van der Waals surface area contributed by atoms with Gasteiger partial charge in [-0.1, -0.05) is 35.9 Å². The summed E-state index contributed by atoms with van der Waals surface area (Å²) in [7, 11) is 1.62. The van der Waals surface area contributed by atoms with Crippen LogP contribution in [0.1, 0.15) is 5.56 Å². The maximum absolute atomic E-state index is 5.98. The van der Waals surface area contributed by atoms with Crippen molar-refractivity contribution in [2.24, 2.45) is 0 Å². The van der Waals surface area contributed by atoms with E-state index in [4.69, 9.17) is 16.3 Å². The van der Waals surface area contributed by atoms with Crippen molar-refractivity contribution in [3.8, 4) is 5.75 Å². The van der Waals surface area contributed by atoms with Gasteiger partial charge in [-0.05, 0) is 36.2 Å². The summed E-state index contributed by atoms with van der Waals surface area (Å²) in [5.41, 5.74) is 2.19. The number of benzene rings is 2. The van der Waals surface area contributed by atoms with Gasteiger partial charge in [-0.2, -0.15) is 0 Å². The molecule has 0 aliphatic rings. The molecule has 2 rings (SSSR count). The molecule has 2 nitrogen and oxygen atoms in total. The van der Waals surface area contributed by atoms with Crippen LogP contribution >= 0.6 is 11.6 Å². The van der Waals surface area contributed by atoms with E-state index in [-0.39, 0.29) is 0 Å². The third-order valence-electron chi connectivity index (χ3n) is 2.67. The van der Waals surface area contributed by atoms with Crippen molar-refractivity contribution in [1.29, 1.82) is 0 Å². The molecule has 2 aromatic carbocycles. The highest BCUT2D eigenvalue weighted by Crippen LogP contribution is 2.25. The fourth-order valence-electron chi connectivity index (χ4n) is 1.71. The van der Waals surface area contributed by atoms with Crippen molar-refractivity contribution in [3.05, 3.63) is 59.1 Å². The molecule has 3 heteroatoms. The largest absolute Gasteiger partial charge is 0.495 e. The zero-order valence-electron chi connectivity index (χ0n) is 10.3. The van der Waals surface area contributed by atoms with Crippen LogP contribution in [0.4, 0.5) is 5.69 Å². The van der Waals surface area contributed by atoms with Crippen LogP contribution in [-0.2, 0) is 6.42 Å². The van der Waals surface area contributed by atoms with E-state index in [1.165, 1.54) is 5.56 Å². The maximum atomic E-state index is 5.98. The molecule has 0 heterocycles. The fourth-order valence-corrected chi connectivity index (χ4v) is 1.90. The molecule has 18 heavy (non-hydrogen) atoms. The van der Waals surface area contributed by atoms with Crippen LogP contribution < -0.4 is 10.1 Å². The highest BCUT2D eigenvalue weighted by atomic mass is 35.5. The van der Waals surface area contributed by atoms with Gasteiger partial charge >= 0.3 is 0 Å². The van der Waals surface area contributed by atoms with Gasteiger partial charge in [-0.15, -0.1) is 0 Å². The summed E-state index contributed by atoms with van der Waals surface area (Å²) in [4.78, 5) is 0. The van der Waals surface area contributed by atoms with Crippen LogP contribution in [0.15, 0.2) is 48.5 Å². The molecular weight excluding hydrogens is 246 g/mol. The first-order valence-electron chi connectivity index (χ1n) is 5.84.